The van der Waals surface area contributed by atoms with Gasteiger partial charge in [-0.2, -0.15) is 0 Å². The van der Waals surface area contributed by atoms with Gasteiger partial charge in [-0.25, -0.2) is 4.98 Å². The molecule has 0 saturated heterocycles. The summed E-state index contributed by atoms with van der Waals surface area (Å²) in [5.74, 6) is 1.12. The topological polar surface area (TPSA) is 45.1 Å². The lowest BCUT2D eigenvalue weighted by Gasteiger charge is -2.18. The molecule has 0 amide bonds. The number of nitrogens with zero attached hydrogens (tertiary/aromatic N) is 1. The molecule has 0 fully saturated rings. The highest BCUT2D eigenvalue weighted by molar-refractivity contribution is 6.30. The van der Waals surface area contributed by atoms with E-state index in [1.165, 1.54) is 0 Å². The standard InChI is InChI=1S/C11H9ClN2O/c12-6-4-7-10-8(2-1-3-9(10)15)14-11(7)13-5-6/h1-5,8,10,15H,(H,13,14). The number of rotatable bonds is 0. The molecule has 0 saturated carbocycles. The molecule has 0 spiro atoms. The van der Waals surface area contributed by atoms with Crippen LogP contribution in [0.3, 0.4) is 0 Å². The molecule has 0 radical (unpaired) electrons. The van der Waals surface area contributed by atoms with Gasteiger partial charge in [0.1, 0.15) is 11.6 Å². The Morgan fingerprint density at radius 1 is 1.47 bits per heavy atom. The van der Waals surface area contributed by atoms with E-state index in [2.05, 4.69) is 10.3 Å². The van der Waals surface area contributed by atoms with Gasteiger partial charge < -0.3 is 10.4 Å². The number of anilines is 1. The summed E-state index contributed by atoms with van der Waals surface area (Å²) < 4.78 is 0. The fourth-order valence-corrected chi connectivity index (χ4v) is 2.29. The minimum absolute atomic E-state index is 0.0452. The maximum Gasteiger partial charge on any atom is 0.130 e. The molecule has 2 N–H and O–H groups in total. The van der Waals surface area contributed by atoms with E-state index in [9.17, 15) is 5.11 Å². The van der Waals surface area contributed by atoms with E-state index >= 15 is 0 Å². The van der Waals surface area contributed by atoms with Gasteiger partial charge in [0.25, 0.3) is 0 Å². The Balaban J connectivity index is 2.14. The highest BCUT2D eigenvalue weighted by atomic mass is 35.5. The van der Waals surface area contributed by atoms with Crippen molar-refractivity contribution in [3.63, 3.8) is 0 Å². The molecule has 2 aliphatic rings. The SMILES string of the molecule is OC1=CC=CC2Nc3ncc(Cl)cc3C12. The Morgan fingerprint density at radius 2 is 2.33 bits per heavy atom. The van der Waals surface area contributed by atoms with Gasteiger partial charge in [0.05, 0.1) is 17.0 Å². The Bertz CT molecular complexity index is 481. The van der Waals surface area contributed by atoms with E-state index in [1.54, 1.807) is 12.3 Å². The van der Waals surface area contributed by atoms with Crippen molar-refractivity contribution >= 4 is 17.4 Å². The predicted molar refractivity (Wildman–Crippen MR) is 59.3 cm³/mol. The van der Waals surface area contributed by atoms with Crippen molar-refractivity contribution in [1.29, 1.82) is 0 Å². The number of fused-ring (bicyclic) bond motifs is 3. The van der Waals surface area contributed by atoms with Gasteiger partial charge in [-0.3, -0.25) is 0 Å². The number of pyridine rings is 1. The molecular weight excluding hydrogens is 212 g/mol. The van der Waals surface area contributed by atoms with Crippen LogP contribution < -0.4 is 5.32 Å². The van der Waals surface area contributed by atoms with Crippen LogP contribution in [0.15, 0.2) is 36.3 Å². The lowest BCUT2D eigenvalue weighted by Crippen LogP contribution is -2.21. The molecule has 15 heavy (non-hydrogen) atoms. The van der Waals surface area contributed by atoms with E-state index in [0.717, 1.165) is 11.4 Å². The Hall–Kier alpha value is -1.48. The van der Waals surface area contributed by atoms with Gasteiger partial charge in [-0.1, -0.05) is 23.8 Å². The zero-order chi connectivity index (χ0) is 10.4. The monoisotopic (exact) mass is 220 g/mol. The molecule has 1 aliphatic carbocycles. The third-order valence-corrected chi connectivity index (χ3v) is 2.99. The first-order valence-corrected chi connectivity index (χ1v) is 5.13. The van der Waals surface area contributed by atoms with Crippen molar-refractivity contribution in [2.45, 2.75) is 12.0 Å². The van der Waals surface area contributed by atoms with Gasteiger partial charge in [0.15, 0.2) is 0 Å². The highest BCUT2D eigenvalue weighted by Gasteiger charge is 2.35. The van der Waals surface area contributed by atoms with Gasteiger partial charge in [-0.05, 0) is 12.1 Å². The molecule has 1 aromatic heterocycles. The second-order valence-corrected chi connectivity index (χ2v) is 4.15. The molecular formula is C11H9ClN2O. The number of allylic oxidation sites excluding steroid dienone is 2. The number of aromatic nitrogens is 1. The molecule has 4 heteroatoms. The third kappa shape index (κ3) is 1.23. The van der Waals surface area contributed by atoms with Crippen molar-refractivity contribution < 1.29 is 5.11 Å². The maximum atomic E-state index is 9.82. The van der Waals surface area contributed by atoms with Crippen molar-refractivity contribution in [2.75, 3.05) is 5.32 Å². The molecule has 3 rings (SSSR count). The Kier molecular flexibility index (Phi) is 1.76. The van der Waals surface area contributed by atoms with Crippen LogP contribution in [-0.4, -0.2) is 16.1 Å². The van der Waals surface area contributed by atoms with E-state index in [4.69, 9.17) is 11.6 Å². The number of aliphatic hydroxyl groups excluding tert-OH is 1. The molecule has 2 heterocycles. The van der Waals surface area contributed by atoms with Crippen LogP contribution in [0, 0.1) is 0 Å². The lowest BCUT2D eigenvalue weighted by molar-refractivity contribution is 0.363. The van der Waals surface area contributed by atoms with Crippen LogP contribution in [0.25, 0.3) is 0 Å². The number of nitrogens with one attached hydrogen (secondary N) is 1. The van der Waals surface area contributed by atoms with E-state index in [1.807, 2.05) is 18.2 Å². The van der Waals surface area contributed by atoms with Crippen molar-refractivity contribution in [3.05, 3.63) is 46.8 Å². The summed E-state index contributed by atoms with van der Waals surface area (Å²) in [5, 5.41) is 13.6. The number of halogens is 1. The molecule has 3 nitrogen and oxygen atoms in total. The van der Waals surface area contributed by atoms with Crippen LogP contribution >= 0.6 is 11.6 Å². The second kappa shape index (κ2) is 3.00. The van der Waals surface area contributed by atoms with Gasteiger partial charge in [-0.15, -0.1) is 0 Å². The van der Waals surface area contributed by atoms with E-state index < -0.39 is 0 Å². The summed E-state index contributed by atoms with van der Waals surface area (Å²) >= 11 is 5.89. The number of hydrogen-bond acceptors (Lipinski definition) is 3. The molecule has 0 aromatic carbocycles. The summed E-state index contributed by atoms with van der Waals surface area (Å²) in [7, 11) is 0. The Morgan fingerprint density at radius 3 is 3.20 bits per heavy atom. The summed E-state index contributed by atoms with van der Waals surface area (Å²) in [5.41, 5.74) is 0.964. The van der Waals surface area contributed by atoms with Crippen LogP contribution in [0.5, 0.6) is 0 Å². The minimum atomic E-state index is -0.0452. The average Bonchev–Trinajstić information content (AvgIpc) is 2.57. The normalized spacial score (nSPS) is 26.6. The molecule has 2 unspecified atom stereocenters. The third-order valence-electron chi connectivity index (χ3n) is 2.79. The first kappa shape index (κ1) is 8.80. The lowest BCUT2D eigenvalue weighted by atomic mass is 9.90. The average molecular weight is 221 g/mol. The fourth-order valence-electron chi connectivity index (χ4n) is 2.13. The first-order valence-electron chi connectivity index (χ1n) is 4.75. The summed E-state index contributed by atoms with van der Waals surface area (Å²) in [6.07, 6.45) is 7.17. The first-order chi connectivity index (χ1) is 7.25. The largest absolute Gasteiger partial charge is 0.512 e. The molecule has 2 atom stereocenters. The van der Waals surface area contributed by atoms with Gasteiger partial charge in [0.2, 0.25) is 0 Å². The molecule has 0 bridgehead atoms. The van der Waals surface area contributed by atoms with E-state index in [0.29, 0.717) is 10.8 Å². The quantitative estimate of drug-likeness (QED) is 0.707. The molecule has 76 valence electrons. The van der Waals surface area contributed by atoms with Crippen LogP contribution in [-0.2, 0) is 0 Å². The number of hydrogen-bond donors (Lipinski definition) is 2. The smallest absolute Gasteiger partial charge is 0.130 e. The predicted octanol–water partition coefficient (Wildman–Crippen LogP) is 2.62. The molecule has 1 aliphatic heterocycles. The fraction of sp³-hybridized carbons (Fsp3) is 0.182. The van der Waals surface area contributed by atoms with Crippen molar-refractivity contribution in [2.24, 2.45) is 0 Å². The van der Waals surface area contributed by atoms with Gasteiger partial charge in [0, 0.05) is 11.8 Å². The minimum Gasteiger partial charge on any atom is -0.512 e. The zero-order valence-corrected chi connectivity index (χ0v) is 8.57. The van der Waals surface area contributed by atoms with Gasteiger partial charge >= 0.3 is 0 Å². The molecule has 1 aromatic rings. The zero-order valence-electron chi connectivity index (χ0n) is 7.81. The second-order valence-electron chi connectivity index (χ2n) is 3.72. The van der Waals surface area contributed by atoms with Crippen LogP contribution in [0.2, 0.25) is 5.02 Å². The maximum absolute atomic E-state index is 9.82. The summed E-state index contributed by atoms with van der Waals surface area (Å²) in [6, 6.07) is 1.95. The number of aliphatic hydroxyl groups is 1. The van der Waals surface area contributed by atoms with Crippen molar-refractivity contribution in [3.8, 4) is 0 Å². The van der Waals surface area contributed by atoms with E-state index in [-0.39, 0.29) is 12.0 Å². The van der Waals surface area contributed by atoms with Crippen molar-refractivity contribution in [1.82, 2.24) is 4.98 Å². The summed E-state index contributed by atoms with van der Waals surface area (Å²) in [4.78, 5) is 4.20. The summed E-state index contributed by atoms with van der Waals surface area (Å²) in [6.45, 7) is 0. The Labute approximate surface area is 92.1 Å². The van der Waals surface area contributed by atoms with Crippen LogP contribution in [0.4, 0.5) is 5.82 Å². The van der Waals surface area contributed by atoms with Crippen LogP contribution in [0.1, 0.15) is 11.5 Å². The highest BCUT2D eigenvalue weighted by Crippen LogP contribution is 2.41.